The third-order valence-electron chi connectivity index (χ3n) is 9.67. The lowest BCUT2D eigenvalue weighted by Gasteiger charge is -2.64. The summed E-state index contributed by atoms with van der Waals surface area (Å²) in [6, 6.07) is 4.12. The minimum atomic E-state index is -1.10. The molecule has 1 aliphatic heterocycles. The number of alkyl carbamates (subject to hydrolysis) is 1. The number of rotatable bonds is 12. The third-order valence-corrected chi connectivity index (χ3v) is 9.67. The van der Waals surface area contributed by atoms with Crippen LogP contribution in [0.4, 0.5) is 4.79 Å². The van der Waals surface area contributed by atoms with Crippen LogP contribution < -0.4 is 25.4 Å². The molecule has 5 rings (SSSR count). The number of hydrogen-bond acceptors (Lipinski definition) is 8. The Hall–Kier alpha value is -2.99. The van der Waals surface area contributed by atoms with Gasteiger partial charge < -0.3 is 39.5 Å². The van der Waals surface area contributed by atoms with Crippen LogP contribution in [0.15, 0.2) is 18.2 Å². The molecule has 12 heteroatoms. The maximum Gasteiger partial charge on any atom is 0.481 e. The molecule has 1 aromatic carbocycles. The molecule has 45 heavy (non-hydrogen) atoms. The van der Waals surface area contributed by atoms with Gasteiger partial charge in [0.05, 0.1) is 38.3 Å². The van der Waals surface area contributed by atoms with Gasteiger partial charge in [-0.25, -0.2) is 4.79 Å². The molecule has 4 aliphatic rings. The molecule has 3 amide bonds. The highest BCUT2D eigenvalue weighted by molar-refractivity contribution is 6.48. The highest BCUT2D eigenvalue weighted by Gasteiger charge is 2.68. The van der Waals surface area contributed by atoms with Crippen molar-refractivity contribution in [3.8, 4) is 11.5 Å². The van der Waals surface area contributed by atoms with Crippen LogP contribution in [0.25, 0.3) is 0 Å². The second-order valence-corrected chi connectivity index (χ2v) is 15.0. The number of nitrogens with one attached hydrogen (secondary N) is 3. The minimum absolute atomic E-state index is 0.0302. The Kier molecular flexibility index (Phi) is 10.4. The van der Waals surface area contributed by atoms with E-state index in [-0.39, 0.29) is 36.3 Å². The van der Waals surface area contributed by atoms with Crippen LogP contribution in [0.1, 0.15) is 80.2 Å². The van der Waals surface area contributed by atoms with Crippen molar-refractivity contribution in [2.75, 3.05) is 20.8 Å². The third kappa shape index (κ3) is 7.88. The lowest BCUT2D eigenvalue weighted by molar-refractivity contribution is -0.199. The Labute approximate surface area is 268 Å². The summed E-state index contributed by atoms with van der Waals surface area (Å²) < 4.78 is 29.3. The summed E-state index contributed by atoms with van der Waals surface area (Å²) in [5.41, 5.74) is -0.296. The van der Waals surface area contributed by atoms with Crippen molar-refractivity contribution in [1.29, 1.82) is 0 Å². The monoisotopic (exact) mass is 629 g/mol. The van der Waals surface area contributed by atoms with E-state index in [1.165, 1.54) is 7.11 Å². The summed E-state index contributed by atoms with van der Waals surface area (Å²) in [5.74, 6) is 1.05. The summed E-state index contributed by atoms with van der Waals surface area (Å²) in [6.45, 7) is 16.0. The van der Waals surface area contributed by atoms with E-state index in [4.69, 9.17) is 23.5 Å². The predicted molar refractivity (Wildman–Crippen MR) is 171 cm³/mol. The number of methoxy groups -OCH3 is 2. The van der Waals surface area contributed by atoms with Crippen molar-refractivity contribution in [1.82, 2.24) is 16.0 Å². The number of hydrogen-bond donors (Lipinski definition) is 3. The molecular weight excluding hydrogens is 577 g/mol. The van der Waals surface area contributed by atoms with Crippen LogP contribution in [-0.2, 0) is 30.1 Å². The topological polar surface area (TPSA) is 133 Å². The van der Waals surface area contributed by atoms with E-state index in [2.05, 4.69) is 50.6 Å². The smallest absolute Gasteiger partial charge is 0.481 e. The van der Waals surface area contributed by atoms with E-state index >= 15 is 0 Å². The van der Waals surface area contributed by atoms with E-state index in [0.29, 0.717) is 35.3 Å². The highest BCUT2D eigenvalue weighted by Crippen LogP contribution is 2.65. The lowest BCUT2D eigenvalue weighted by Crippen LogP contribution is -2.65. The normalized spacial score (nSPS) is 26.2. The molecule has 3 saturated carbocycles. The van der Waals surface area contributed by atoms with Crippen LogP contribution in [0, 0.1) is 23.2 Å². The summed E-state index contributed by atoms with van der Waals surface area (Å²) in [5, 5.41) is 8.54. The Morgan fingerprint density at radius 2 is 1.73 bits per heavy atom. The quantitative estimate of drug-likeness (QED) is 0.295. The fraction of sp³-hybridized carbons (Fsp3) is 0.727. The van der Waals surface area contributed by atoms with Gasteiger partial charge >= 0.3 is 13.2 Å². The standard InChI is InChI=1S/C33H52BN3O8/c1-19(2)13-27(34-44-26-17-21-16-25(32(21,6)7)33(26,8)45-34)37-29(39)22(36-30(40)43-31(3,4)5)18-35-28(38)15-20-11-12-23(41-9)24(14-20)42-10/h11-12,14,19,21-22,25-27H,13,15-18H2,1-10H3,(H,35,38)(H,36,40)(H,37,39)/t21-,22-,25-,26+,27-,33-/m0/s1. The number of carbonyl (C=O) groups excluding carboxylic acids is 3. The molecule has 4 fully saturated rings. The van der Waals surface area contributed by atoms with Crippen LogP contribution >= 0.6 is 0 Å². The molecule has 11 nitrogen and oxygen atoms in total. The molecule has 0 unspecified atom stereocenters. The first-order valence-corrected chi connectivity index (χ1v) is 16.1. The molecule has 3 N–H and O–H groups in total. The number of carbonyl (C=O) groups is 3. The van der Waals surface area contributed by atoms with Crippen molar-refractivity contribution in [2.45, 2.75) is 110 Å². The maximum atomic E-state index is 13.8. The van der Waals surface area contributed by atoms with Gasteiger partial charge in [0.2, 0.25) is 11.8 Å². The van der Waals surface area contributed by atoms with Gasteiger partial charge in [-0.15, -0.1) is 0 Å². The first-order chi connectivity index (χ1) is 21.0. The summed E-state index contributed by atoms with van der Waals surface area (Å²) in [6.07, 6.45) is 1.93. The lowest BCUT2D eigenvalue weighted by atomic mass is 9.43. The van der Waals surface area contributed by atoms with Gasteiger partial charge in [-0.1, -0.05) is 33.8 Å². The van der Waals surface area contributed by atoms with Crippen molar-refractivity contribution in [3.63, 3.8) is 0 Å². The van der Waals surface area contributed by atoms with E-state index in [1.807, 2.05) is 0 Å². The Bertz CT molecular complexity index is 1250. The fourth-order valence-electron chi connectivity index (χ4n) is 7.21. The van der Waals surface area contributed by atoms with Gasteiger partial charge in [0, 0.05) is 6.54 Å². The van der Waals surface area contributed by atoms with Crippen molar-refractivity contribution < 1.29 is 37.9 Å². The van der Waals surface area contributed by atoms with Crippen LogP contribution in [-0.4, -0.2) is 75.1 Å². The largest absolute Gasteiger partial charge is 0.493 e. The average molecular weight is 630 g/mol. The summed E-state index contributed by atoms with van der Waals surface area (Å²) in [7, 11) is 2.45. The molecule has 2 bridgehead atoms. The zero-order chi connectivity index (χ0) is 33.3. The van der Waals surface area contributed by atoms with E-state index in [1.54, 1.807) is 46.1 Å². The molecular formula is C33H52BN3O8. The fourth-order valence-corrected chi connectivity index (χ4v) is 7.21. The summed E-state index contributed by atoms with van der Waals surface area (Å²) in [4.78, 5) is 39.5. The summed E-state index contributed by atoms with van der Waals surface area (Å²) >= 11 is 0. The van der Waals surface area contributed by atoms with Crippen molar-refractivity contribution in [3.05, 3.63) is 23.8 Å². The van der Waals surface area contributed by atoms with Crippen molar-refractivity contribution >= 4 is 25.0 Å². The highest BCUT2D eigenvalue weighted by atomic mass is 16.7. The Morgan fingerprint density at radius 3 is 2.33 bits per heavy atom. The average Bonchev–Trinajstić information content (AvgIpc) is 3.30. The number of ether oxygens (including phenoxy) is 3. The molecule has 0 radical (unpaired) electrons. The van der Waals surface area contributed by atoms with Crippen LogP contribution in [0.3, 0.4) is 0 Å². The first kappa shape index (κ1) is 34.9. The van der Waals surface area contributed by atoms with Gasteiger partial charge in [0.15, 0.2) is 11.5 Å². The first-order valence-electron chi connectivity index (χ1n) is 16.1. The predicted octanol–water partition coefficient (Wildman–Crippen LogP) is 4.05. The van der Waals surface area contributed by atoms with Crippen molar-refractivity contribution in [2.24, 2.45) is 23.2 Å². The van der Waals surface area contributed by atoms with Gasteiger partial charge in [-0.3, -0.25) is 9.59 Å². The molecule has 0 spiro atoms. The minimum Gasteiger partial charge on any atom is -0.493 e. The molecule has 1 aromatic rings. The van der Waals surface area contributed by atoms with Crippen LogP contribution in [0.5, 0.6) is 11.5 Å². The SMILES string of the molecule is COc1ccc(CC(=O)NC[C@H](NC(=O)OC(C)(C)C)C(=O)N[C@@H](CC(C)C)B2O[C@@H]3C[C@@H]4C[C@@H](C4(C)C)[C@]3(C)O2)cc1OC. The molecule has 6 atom stereocenters. The molecule has 250 valence electrons. The Morgan fingerprint density at radius 1 is 1.04 bits per heavy atom. The number of amides is 3. The van der Waals surface area contributed by atoms with E-state index < -0.39 is 42.3 Å². The van der Waals surface area contributed by atoms with Gasteiger partial charge in [0.1, 0.15) is 11.6 Å². The number of benzene rings is 1. The maximum absolute atomic E-state index is 13.8. The second-order valence-electron chi connectivity index (χ2n) is 15.0. The second kappa shape index (κ2) is 13.4. The van der Waals surface area contributed by atoms with Gasteiger partial charge in [0.25, 0.3) is 0 Å². The van der Waals surface area contributed by atoms with Crippen LogP contribution in [0.2, 0.25) is 0 Å². The van der Waals surface area contributed by atoms with Gasteiger partial charge in [-0.05, 0) is 87.8 Å². The molecule has 3 aliphatic carbocycles. The molecule has 0 aromatic heterocycles. The molecule has 1 heterocycles. The zero-order valence-corrected chi connectivity index (χ0v) is 28.6. The zero-order valence-electron chi connectivity index (χ0n) is 28.6. The Balaban J connectivity index is 1.46. The molecule has 1 saturated heterocycles. The van der Waals surface area contributed by atoms with Gasteiger partial charge in [-0.2, -0.15) is 0 Å². The van der Waals surface area contributed by atoms with E-state index in [0.717, 1.165) is 12.8 Å². The van der Waals surface area contributed by atoms with E-state index in [9.17, 15) is 14.4 Å².